The van der Waals surface area contributed by atoms with E-state index in [-0.39, 0.29) is 5.41 Å². The van der Waals surface area contributed by atoms with Crippen LogP contribution in [0, 0.1) is 5.92 Å². The summed E-state index contributed by atoms with van der Waals surface area (Å²) in [6, 6.07) is 25.3. The van der Waals surface area contributed by atoms with Gasteiger partial charge < -0.3 is 15.2 Å². The molecule has 1 aliphatic heterocycles. The Morgan fingerprint density at radius 3 is 2.58 bits per heavy atom. The third kappa shape index (κ3) is 3.30. The fourth-order valence-electron chi connectivity index (χ4n) is 7.57. The van der Waals surface area contributed by atoms with Gasteiger partial charge in [0.1, 0.15) is 5.76 Å². The van der Waals surface area contributed by atoms with Crippen molar-refractivity contribution in [2.75, 3.05) is 5.73 Å². The molecule has 0 fully saturated rings. The summed E-state index contributed by atoms with van der Waals surface area (Å²) >= 11 is 0. The predicted molar refractivity (Wildman–Crippen MR) is 161 cm³/mol. The molecule has 0 radical (unpaired) electrons. The third-order valence-corrected chi connectivity index (χ3v) is 9.14. The maximum Gasteiger partial charge on any atom is 0.177 e. The fourth-order valence-corrected chi connectivity index (χ4v) is 7.57. The monoisotopic (exact) mass is 521 g/mol. The number of hydrogen-bond acceptors (Lipinski definition) is 3. The molecule has 2 atom stereocenters. The molecular formula is C37H31NO2. The van der Waals surface area contributed by atoms with Gasteiger partial charge >= 0.3 is 0 Å². The lowest BCUT2D eigenvalue weighted by atomic mass is 9.59. The first-order chi connectivity index (χ1) is 19.7. The van der Waals surface area contributed by atoms with Crippen molar-refractivity contribution in [3.05, 3.63) is 149 Å². The lowest BCUT2D eigenvalue weighted by molar-refractivity contribution is 0.281. The summed E-state index contributed by atoms with van der Waals surface area (Å²) in [7, 11) is 0. The smallest absolute Gasteiger partial charge is 0.177 e. The van der Waals surface area contributed by atoms with E-state index in [0.29, 0.717) is 5.92 Å². The molecule has 0 spiro atoms. The number of para-hydroxylation sites is 1. The van der Waals surface area contributed by atoms with Gasteiger partial charge in [-0.1, -0.05) is 91.1 Å². The number of benzene rings is 3. The fraction of sp³-hybridized carbons (Fsp3) is 0.189. The molecule has 0 saturated carbocycles. The normalized spacial score (nSPS) is 24.2. The molecule has 3 aromatic rings. The van der Waals surface area contributed by atoms with Crippen LogP contribution in [-0.2, 0) is 5.41 Å². The maximum absolute atomic E-state index is 7.01. The lowest BCUT2D eigenvalue weighted by Crippen LogP contribution is -2.38. The van der Waals surface area contributed by atoms with Crippen LogP contribution in [0.4, 0.5) is 5.69 Å². The molecule has 4 aliphatic carbocycles. The highest BCUT2D eigenvalue weighted by molar-refractivity contribution is 5.78. The average Bonchev–Trinajstić information content (AvgIpc) is 3.32. The van der Waals surface area contributed by atoms with Crippen LogP contribution in [-0.4, -0.2) is 0 Å². The summed E-state index contributed by atoms with van der Waals surface area (Å²) in [5, 5.41) is 0. The molecule has 3 nitrogen and oxygen atoms in total. The van der Waals surface area contributed by atoms with Crippen molar-refractivity contribution in [3.63, 3.8) is 0 Å². The minimum absolute atomic E-state index is 0.223. The van der Waals surface area contributed by atoms with E-state index in [2.05, 4.69) is 78.9 Å². The van der Waals surface area contributed by atoms with Crippen molar-refractivity contribution in [2.45, 2.75) is 37.5 Å². The number of fused-ring (bicyclic) bond motifs is 3. The van der Waals surface area contributed by atoms with E-state index in [4.69, 9.17) is 15.2 Å². The molecule has 5 aliphatic rings. The van der Waals surface area contributed by atoms with Crippen molar-refractivity contribution in [2.24, 2.45) is 5.92 Å². The first-order valence-electron chi connectivity index (χ1n) is 14.4. The second-order valence-electron chi connectivity index (χ2n) is 11.2. The molecule has 8 rings (SSSR count). The van der Waals surface area contributed by atoms with E-state index in [1.165, 1.54) is 27.9 Å². The van der Waals surface area contributed by atoms with Crippen LogP contribution in [0.1, 0.15) is 37.7 Å². The third-order valence-electron chi connectivity index (χ3n) is 9.14. The second kappa shape index (κ2) is 9.02. The zero-order chi connectivity index (χ0) is 26.7. The van der Waals surface area contributed by atoms with E-state index in [1.54, 1.807) is 0 Å². The van der Waals surface area contributed by atoms with Gasteiger partial charge in [0.05, 0.1) is 0 Å². The Hall–Kier alpha value is -4.50. The largest absolute Gasteiger partial charge is 0.454 e. The number of allylic oxidation sites excluding steroid dienone is 10. The van der Waals surface area contributed by atoms with E-state index in [0.717, 1.165) is 71.9 Å². The predicted octanol–water partition coefficient (Wildman–Crippen LogP) is 8.74. The highest BCUT2D eigenvalue weighted by Gasteiger charge is 2.53. The standard InChI is InChI=1S/C37H31NO2/c38-27-16-9-11-24(23-27)28-18-10-20-32-35(28)40-36-33(39-32)22-21-31-34(36)29-17-7-8-19-30(29)37(31,25-12-3-1-4-13-25)26-14-5-2-6-15-26/h1-6,8-14,16,18-20,23,26H,7,15,17,21-22,38H2. The van der Waals surface area contributed by atoms with E-state index in [1.807, 2.05) is 30.3 Å². The molecule has 3 aromatic carbocycles. The second-order valence-corrected chi connectivity index (χ2v) is 11.2. The van der Waals surface area contributed by atoms with Gasteiger partial charge in [-0.2, -0.15) is 0 Å². The van der Waals surface area contributed by atoms with E-state index in [9.17, 15) is 0 Å². The van der Waals surface area contributed by atoms with Crippen molar-refractivity contribution < 1.29 is 9.47 Å². The molecule has 0 amide bonds. The summed E-state index contributed by atoms with van der Waals surface area (Å²) in [6.07, 6.45) is 18.8. The minimum Gasteiger partial charge on any atom is -0.454 e. The summed E-state index contributed by atoms with van der Waals surface area (Å²) < 4.78 is 13.7. The zero-order valence-electron chi connectivity index (χ0n) is 22.4. The Balaban J connectivity index is 1.34. The van der Waals surface area contributed by atoms with Crippen molar-refractivity contribution in [1.82, 2.24) is 0 Å². The van der Waals surface area contributed by atoms with Gasteiger partial charge in [0.2, 0.25) is 0 Å². The van der Waals surface area contributed by atoms with Gasteiger partial charge in [0.25, 0.3) is 0 Å². The quantitative estimate of drug-likeness (QED) is 0.351. The highest BCUT2D eigenvalue weighted by atomic mass is 16.6. The lowest BCUT2D eigenvalue weighted by Gasteiger charge is -2.43. The molecule has 0 bridgehead atoms. The van der Waals surface area contributed by atoms with Gasteiger partial charge in [-0.05, 0) is 77.6 Å². The SMILES string of the molecule is Nc1cccc(-c2cccc3c2OC2=C(CCC4=C2C2=C(C=CCC2)C4(c2ccccc2)C2C=CC=CC2)O3)c1. The van der Waals surface area contributed by atoms with Gasteiger partial charge in [0.15, 0.2) is 17.3 Å². The van der Waals surface area contributed by atoms with Gasteiger partial charge in [-0.25, -0.2) is 0 Å². The topological polar surface area (TPSA) is 44.5 Å². The minimum atomic E-state index is -0.223. The molecule has 0 saturated heterocycles. The average molecular weight is 522 g/mol. The number of ether oxygens (including phenoxy) is 2. The summed E-state index contributed by atoms with van der Waals surface area (Å²) in [5.74, 6) is 3.73. The number of rotatable bonds is 3. The van der Waals surface area contributed by atoms with Crippen molar-refractivity contribution in [1.29, 1.82) is 0 Å². The molecule has 2 N–H and O–H groups in total. The zero-order valence-corrected chi connectivity index (χ0v) is 22.4. The maximum atomic E-state index is 7.01. The van der Waals surface area contributed by atoms with Gasteiger partial charge in [-0.15, -0.1) is 0 Å². The summed E-state index contributed by atoms with van der Waals surface area (Å²) in [5.41, 5.74) is 15.7. The van der Waals surface area contributed by atoms with Crippen molar-refractivity contribution in [3.8, 4) is 22.6 Å². The van der Waals surface area contributed by atoms with Gasteiger partial charge in [0, 0.05) is 28.7 Å². The summed E-state index contributed by atoms with van der Waals surface area (Å²) in [4.78, 5) is 0. The number of anilines is 1. The molecule has 1 heterocycles. The Labute approximate surface area is 235 Å². The molecule has 2 unspecified atom stereocenters. The van der Waals surface area contributed by atoms with Crippen molar-refractivity contribution >= 4 is 5.69 Å². The molecular weight excluding hydrogens is 490 g/mol. The van der Waals surface area contributed by atoms with Crippen LogP contribution < -0.4 is 15.2 Å². The summed E-state index contributed by atoms with van der Waals surface area (Å²) in [6.45, 7) is 0. The first-order valence-corrected chi connectivity index (χ1v) is 14.4. The van der Waals surface area contributed by atoms with Crippen LogP contribution in [0.3, 0.4) is 0 Å². The first kappa shape index (κ1) is 23.4. The van der Waals surface area contributed by atoms with Crippen LogP contribution in [0.25, 0.3) is 11.1 Å². The van der Waals surface area contributed by atoms with E-state index >= 15 is 0 Å². The Morgan fingerprint density at radius 1 is 0.825 bits per heavy atom. The number of nitrogens with two attached hydrogens (primary N) is 1. The van der Waals surface area contributed by atoms with Crippen LogP contribution in [0.15, 0.2) is 143 Å². The van der Waals surface area contributed by atoms with Crippen LogP contribution in [0.2, 0.25) is 0 Å². The molecule has 40 heavy (non-hydrogen) atoms. The Morgan fingerprint density at radius 2 is 1.73 bits per heavy atom. The van der Waals surface area contributed by atoms with Gasteiger partial charge in [-0.3, -0.25) is 0 Å². The molecule has 196 valence electrons. The van der Waals surface area contributed by atoms with Crippen LogP contribution in [0.5, 0.6) is 11.5 Å². The number of nitrogen functional groups attached to an aromatic ring is 1. The Bertz CT molecular complexity index is 1730. The number of hydrogen-bond donors (Lipinski definition) is 1. The molecule has 0 aromatic heterocycles. The van der Waals surface area contributed by atoms with Crippen LogP contribution >= 0.6 is 0 Å². The molecule has 3 heteroatoms. The Kier molecular flexibility index (Phi) is 5.28. The van der Waals surface area contributed by atoms with E-state index < -0.39 is 0 Å². The highest BCUT2D eigenvalue weighted by Crippen LogP contribution is 2.62.